The topological polar surface area (TPSA) is 43.6 Å². The number of anilines is 1. The predicted molar refractivity (Wildman–Crippen MR) is 73.4 cm³/mol. The zero-order valence-corrected chi connectivity index (χ0v) is 12.1. The molecule has 0 radical (unpaired) electrons. The maximum absolute atomic E-state index is 12.3. The molecule has 4 nitrogen and oxygen atoms in total. The summed E-state index contributed by atoms with van der Waals surface area (Å²) in [6.45, 7) is -2.48. The van der Waals surface area contributed by atoms with Gasteiger partial charge in [-0.2, -0.15) is 8.78 Å². The molecule has 0 unspecified atom stereocenters. The van der Waals surface area contributed by atoms with Gasteiger partial charge in [0.25, 0.3) is 0 Å². The van der Waals surface area contributed by atoms with Gasteiger partial charge in [-0.1, -0.05) is 0 Å². The number of ether oxygens (including phenoxy) is 2. The summed E-state index contributed by atoms with van der Waals surface area (Å²) in [4.78, 5) is 0. The van der Waals surface area contributed by atoms with Crippen molar-refractivity contribution in [1.82, 2.24) is 0 Å². The Morgan fingerprint density at radius 1 is 1.25 bits per heavy atom. The summed E-state index contributed by atoms with van der Waals surface area (Å²) in [5.41, 5.74) is 0.619. The van der Waals surface area contributed by atoms with Crippen LogP contribution in [0.15, 0.2) is 39.4 Å². The average molecular weight is 348 g/mol. The first-order valence-electron chi connectivity index (χ1n) is 5.69. The van der Waals surface area contributed by atoms with E-state index in [0.29, 0.717) is 22.7 Å². The summed E-state index contributed by atoms with van der Waals surface area (Å²) in [7, 11) is 1.39. The second-order valence-corrected chi connectivity index (χ2v) is 4.59. The van der Waals surface area contributed by atoms with Crippen LogP contribution in [0.4, 0.5) is 14.5 Å². The highest BCUT2D eigenvalue weighted by Gasteiger charge is 2.11. The van der Waals surface area contributed by atoms with Crippen molar-refractivity contribution < 1.29 is 22.7 Å². The molecule has 20 heavy (non-hydrogen) atoms. The molecule has 0 fully saturated rings. The van der Waals surface area contributed by atoms with Crippen LogP contribution in [-0.4, -0.2) is 13.7 Å². The van der Waals surface area contributed by atoms with Crippen LogP contribution in [0.1, 0.15) is 5.76 Å². The van der Waals surface area contributed by atoms with Gasteiger partial charge in [0.15, 0.2) is 16.2 Å². The van der Waals surface area contributed by atoms with Gasteiger partial charge < -0.3 is 19.2 Å². The summed E-state index contributed by atoms with van der Waals surface area (Å²) in [5, 5.41) is 3.04. The number of nitrogens with one attached hydrogen (secondary N) is 1. The molecule has 108 valence electrons. The molecule has 0 spiro atoms. The van der Waals surface area contributed by atoms with Crippen molar-refractivity contribution in [2.24, 2.45) is 0 Å². The standard InChI is InChI=1S/C13H12BrF2NO3/c1-18-10-4-2-8(6-11(10)20-13(15)16)17-7-9-3-5-12(14)19-9/h2-6,13,17H,7H2,1H3. The zero-order chi connectivity index (χ0) is 14.5. The lowest BCUT2D eigenvalue weighted by atomic mass is 10.2. The normalized spacial score (nSPS) is 10.7. The SMILES string of the molecule is COc1ccc(NCc2ccc(Br)o2)cc1OC(F)F. The van der Waals surface area contributed by atoms with Crippen molar-refractivity contribution in [3.05, 3.63) is 40.8 Å². The molecule has 0 aliphatic heterocycles. The zero-order valence-electron chi connectivity index (χ0n) is 10.5. The summed E-state index contributed by atoms with van der Waals surface area (Å²) in [6.07, 6.45) is 0. The second kappa shape index (κ2) is 6.60. The number of halogens is 3. The molecular formula is C13H12BrF2NO3. The number of furan rings is 1. The van der Waals surface area contributed by atoms with E-state index in [1.165, 1.54) is 13.2 Å². The Bertz CT molecular complexity index is 574. The molecule has 0 saturated carbocycles. The fourth-order valence-corrected chi connectivity index (χ4v) is 1.95. The van der Waals surface area contributed by atoms with Crippen LogP contribution < -0.4 is 14.8 Å². The molecular weight excluding hydrogens is 336 g/mol. The Morgan fingerprint density at radius 3 is 2.65 bits per heavy atom. The van der Waals surface area contributed by atoms with Gasteiger partial charge in [-0.3, -0.25) is 0 Å². The molecule has 2 aromatic rings. The van der Waals surface area contributed by atoms with Crippen molar-refractivity contribution in [2.45, 2.75) is 13.2 Å². The summed E-state index contributed by atoms with van der Waals surface area (Å²) in [6, 6.07) is 8.28. The minimum absolute atomic E-state index is 0.0203. The lowest BCUT2D eigenvalue weighted by Crippen LogP contribution is -2.05. The molecule has 0 amide bonds. The smallest absolute Gasteiger partial charge is 0.387 e. The summed E-state index contributed by atoms with van der Waals surface area (Å²) in [5.74, 6) is 0.939. The average Bonchev–Trinajstić information content (AvgIpc) is 2.82. The number of alkyl halides is 2. The molecule has 1 heterocycles. The van der Waals surface area contributed by atoms with Crippen LogP contribution in [0.5, 0.6) is 11.5 Å². The van der Waals surface area contributed by atoms with Crippen molar-refractivity contribution in [3.63, 3.8) is 0 Å². The molecule has 0 saturated heterocycles. The lowest BCUT2D eigenvalue weighted by molar-refractivity contribution is -0.0511. The highest BCUT2D eigenvalue weighted by molar-refractivity contribution is 9.10. The van der Waals surface area contributed by atoms with Crippen molar-refractivity contribution >= 4 is 21.6 Å². The first-order valence-corrected chi connectivity index (χ1v) is 6.48. The second-order valence-electron chi connectivity index (χ2n) is 3.80. The Balaban J connectivity index is 2.07. The fraction of sp³-hybridized carbons (Fsp3) is 0.231. The Hall–Kier alpha value is -1.76. The highest BCUT2D eigenvalue weighted by Crippen LogP contribution is 2.31. The van der Waals surface area contributed by atoms with Gasteiger partial charge in [0.1, 0.15) is 5.76 Å². The predicted octanol–water partition coefficient (Wildman–Crippen LogP) is 4.26. The molecule has 0 atom stereocenters. The molecule has 1 N–H and O–H groups in total. The van der Waals surface area contributed by atoms with E-state index >= 15 is 0 Å². The first kappa shape index (κ1) is 14.6. The summed E-state index contributed by atoms with van der Waals surface area (Å²) >= 11 is 3.20. The van der Waals surface area contributed by atoms with Crippen molar-refractivity contribution in [2.75, 3.05) is 12.4 Å². The Kier molecular flexibility index (Phi) is 4.84. The highest BCUT2D eigenvalue weighted by atomic mass is 79.9. The Morgan fingerprint density at radius 2 is 2.05 bits per heavy atom. The third-order valence-corrected chi connectivity index (χ3v) is 2.90. The van der Waals surface area contributed by atoms with Crippen LogP contribution in [0.3, 0.4) is 0 Å². The van der Waals surface area contributed by atoms with Gasteiger partial charge >= 0.3 is 6.61 Å². The van der Waals surface area contributed by atoms with E-state index in [-0.39, 0.29) is 11.5 Å². The van der Waals surface area contributed by atoms with Gasteiger partial charge in [0.2, 0.25) is 0 Å². The monoisotopic (exact) mass is 347 g/mol. The molecule has 0 aliphatic rings. The summed E-state index contributed by atoms with van der Waals surface area (Å²) < 4.78 is 39.9. The largest absolute Gasteiger partial charge is 0.493 e. The first-order chi connectivity index (χ1) is 9.58. The van der Waals surface area contributed by atoms with Crippen LogP contribution >= 0.6 is 15.9 Å². The quantitative estimate of drug-likeness (QED) is 0.847. The van der Waals surface area contributed by atoms with E-state index in [1.54, 1.807) is 24.3 Å². The van der Waals surface area contributed by atoms with Gasteiger partial charge in [0, 0.05) is 11.8 Å². The molecule has 1 aromatic carbocycles. The minimum atomic E-state index is -2.90. The van der Waals surface area contributed by atoms with E-state index in [0.717, 1.165) is 0 Å². The maximum atomic E-state index is 12.3. The number of hydrogen-bond acceptors (Lipinski definition) is 4. The third-order valence-electron chi connectivity index (χ3n) is 2.48. The Labute approximate surface area is 122 Å². The molecule has 1 aromatic heterocycles. The van der Waals surface area contributed by atoms with Gasteiger partial charge in [-0.15, -0.1) is 0 Å². The number of methoxy groups -OCH3 is 1. The maximum Gasteiger partial charge on any atom is 0.387 e. The fourth-order valence-electron chi connectivity index (χ4n) is 1.61. The number of hydrogen-bond donors (Lipinski definition) is 1. The van der Waals surface area contributed by atoms with Crippen molar-refractivity contribution in [1.29, 1.82) is 0 Å². The van der Waals surface area contributed by atoms with E-state index in [4.69, 9.17) is 9.15 Å². The van der Waals surface area contributed by atoms with Gasteiger partial charge in [-0.05, 0) is 40.2 Å². The lowest BCUT2D eigenvalue weighted by Gasteiger charge is -2.12. The molecule has 0 bridgehead atoms. The van der Waals surface area contributed by atoms with Gasteiger partial charge in [-0.25, -0.2) is 0 Å². The number of benzene rings is 1. The van der Waals surface area contributed by atoms with E-state index in [1.807, 2.05) is 0 Å². The minimum Gasteiger partial charge on any atom is -0.493 e. The van der Waals surface area contributed by atoms with Crippen LogP contribution in [0.25, 0.3) is 0 Å². The van der Waals surface area contributed by atoms with E-state index in [9.17, 15) is 8.78 Å². The molecule has 7 heteroatoms. The third kappa shape index (κ3) is 3.86. The molecule has 0 aliphatic carbocycles. The van der Waals surface area contributed by atoms with E-state index in [2.05, 4.69) is 26.0 Å². The van der Waals surface area contributed by atoms with Gasteiger partial charge in [0.05, 0.1) is 13.7 Å². The van der Waals surface area contributed by atoms with Crippen LogP contribution in [0, 0.1) is 0 Å². The van der Waals surface area contributed by atoms with Crippen LogP contribution in [0.2, 0.25) is 0 Å². The molecule has 2 rings (SSSR count). The number of rotatable bonds is 6. The van der Waals surface area contributed by atoms with Crippen LogP contribution in [-0.2, 0) is 6.54 Å². The van der Waals surface area contributed by atoms with Crippen molar-refractivity contribution in [3.8, 4) is 11.5 Å². The van der Waals surface area contributed by atoms with E-state index < -0.39 is 6.61 Å².